The third-order valence-corrected chi connectivity index (χ3v) is 2.78. The van der Waals surface area contributed by atoms with E-state index in [0.717, 1.165) is 11.5 Å². The number of hydrogen-bond acceptors (Lipinski definition) is 6. The molecule has 0 saturated heterocycles. The Bertz CT molecular complexity index is 418. The van der Waals surface area contributed by atoms with Gasteiger partial charge < -0.3 is 21.7 Å². The fourth-order valence-electron chi connectivity index (χ4n) is 1.19. The number of nitrogens with zero attached hydrogens (tertiary/aromatic N) is 1. The van der Waals surface area contributed by atoms with E-state index in [-0.39, 0.29) is 29.7 Å². The Morgan fingerprint density at radius 1 is 1.47 bits per heavy atom. The molecule has 0 aliphatic heterocycles. The Morgan fingerprint density at radius 2 is 2.18 bits per heavy atom. The highest BCUT2D eigenvalue weighted by Crippen LogP contribution is 2.26. The van der Waals surface area contributed by atoms with E-state index in [1.807, 2.05) is 6.92 Å². The van der Waals surface area contributed by atoms with Crippen LogP contribution in [0.15, 0.2) is 0 Å². The number of nitrogen functional groups attached to an aromatic ring is 1. The zero-order valence-corrected chi connectivity index (χ0v) is 10.5. The third kappa shape index (κ3) is 3.31. The minimum atomic E-state index is -0.324. The molecule has 1 aromatic rings. The molecule has 1 heterocycles. The van der Waals surface area contributed by atoms with Gasteiger partial charge in [0, 0.05) is 13.6 Å². The highest BCUT2D eigenvalue weighted by Gasteiger charge is 2.18. The highest BCUT2D eigenvalue weighted by molar-refractivity contribution is 7.11. The van der Waals surface area contributed by atoms with Crippen LogP contribution in [0.4, 0.5) is 10.8 Å². The van der Waals surface area contributed by atoms with Gasteiger partial charge in [0.15, 0.2) is 5.82 Å². The zero-order valence-electron chi connectivity index (χ0n) is 9.66. The van der Waals surface area contributed by atoms with E-state index >= 15 is 0 Å². The molecule has 0 saturated carbocycles. The van der Waals surface area contributed by atoms with E-state index in [0.29, 0.717) is 11.5 Å². The number of hydrogen-bond donors (Lipinski definition) is 4. The smallest absolute Gasteiger partial charge is 0.257 e. The van der Waals surface area contributed by atoms with Gasteiger partial charge in [-0.1, -0.05) is 0 Å². The average Bonchev–Trinajstić information content (AvgIpc) is 2.67. The fraction of sp³-hybridized carbons (Fsp3) is 0.444. The van der Waals surface area contributed by atoms with Crippen LogP contribution in [0.5, 0.6) is 0 Å². The fourth-order valence-corrected chi connectivity index (χ4v) is 1.89. The molecule has 0 unspecified atom stereocenters. The summed E-state index contributed by atoms with van der Waals surface area (Å²) in [6, 6.07) is 0. The Labute approximate surface area is 103 Å². The number of carbonyl (C=O) groups excluding carboxylic acids is 2. The summed E-state index contributed by atoms with van der Waals surface area (Å²) in [4.78, 5) is 22.8. The van der Waals surface area contributed by atoms with E-state index in [2.05, 4.69) is 20.3 Å². The molecule has 0 bridgehead atoms. The summed E-state index contributed by atoms with van der Waals surface area (Å²) in [5, 5.41) is 8.44. The second kappa shape index (κ2) is 6.04. The maximum absolute atomic E-state index is 11.5. The number of likely N-dealkylation sites (N-methyl/N-ethyl adjacent to an activating group) is 1. The van der Waals surface area contributed by atoms with Crippen LogP contribution in [-0.4, -0.2) is 36.3 Å². The van der Waals surface area contributed by atoms with Crippen molar-refractivity contribution in [1.82, 2.24) is 15.0 Å². The van der Waals surface area contributed by atoms with Crippen LogP contribution in [0.2, 0.25) is 0 Å². The summed E-state index contributed by atoms with van der Waals surface area (Å²) in [7, 11) is 1.51. The van der Waals surface area contributed by atoms with Crippen LogP contribution in [-0.2, 0) is 4.79 Å². The van der Waals surface area contributed by atoms with Crippen LogP contribution in [0.1, 0.15) is 17.3 Å². The summed E-state index contributed by atoms with van der Waals surface area (Å²) in [6.07, 6.45) is 0. The number of nitrogens with one attached hydrogen (secondary N) is 3. The van der Waals surface area contributed by atoms with Gasteiger partial charge in [0.2, 0.25) is 5.91 Å². The third-order valence-electron chi connectivity index (χ3n) is 1.96. The molecule has 5 N–H and O–H groups in total. The van der Waals surface area contributed by atoms with Gasteiger partial charge >= 0.3 is 0 Å². The molecular formula is C9H15N5O2S. The molecule has 7 nitrogen and oxygen atoms in total. The van der Waals surface area contributed by atoms with Crippen molar-refractivity contribution in [3.05, 3.63) is 5.56 Å². The quantitative estimate of drug-likeness (QED) is 0.575. The molecule has 0 fully saturated rings. The first-order valence-corrected chi connectivity index (χ1v) is 5.85. The minimum absolute atomic E-state index is 0.0828. The molecule has 0 aliphatic rings. The van der Waals surface area contributed by atoms with Gasteiger partial charge in [-0.05, 0) is 18.5 Å². The predicted octanol–water partition coefficient (Wildman–Crippen LogP) is -0.367. The number of anilines is 2. The number of nitrogens with two attached hydrogens (primary N) is 1. The standard InChI is InChI=1S/C9H15N5O2S/c1-3-12-5(15)4-13-9-6(8(16)11-2)7(10)14-17-9/h13H,3-4H2,1-2H3,(H2,10,14)(H,11,16)(H,12,15). The molecule has 0 aliphatic carbocycles. The van der Waals surface area contributed by atoms with E-state index in [9.17, 15) is 9.59 Å². The van der Waals surface area contributed by atoms with Gasteiger partial charge in [-0.25, -0.2) is 0 Å². The Hall–Kier alpha value is -1.83. The van der Waals surface area contributed by atoms with Crippen molar-refractivity contribution in [2.75, 3.05) is 31.2 Å². The zero-order chi connectivity index (χ0) is 12.8. The molecule has 2 amide bonds. The predicted molar refractivity (Wildman–Crippen MR) is 67.1 cm³/mol. The molecule has 0 aromatic carbocycles. The highest BCUT2D eigenvalue weighted by atomic mass is 32.1. The van der Waals surface area contributed by atoms with Gasteiger partial charge in [-0.2, -0.15) is 4.37 Å². The van der Waals surface area contributed by atoms with Crippen LogP contribution in [0.25, 0.3) is 0 Å². The van der Waals surface area contributed by atoms with Crippen molar-refractivity contribution >= 4 is 34.2 Å². The molecular weight excluding hydrogens is 242 g/mol. The molecule has 8 heteroatoms. The number of aromatic nitrogens is 1. The molecule has 1 aromatic heterocycles. The van der Waals surface area contributed by atoms with Crippen molar-refractivity contribution in [2.45, 2.75) is 6.92 Å². The number of amides is 2. The van der Waals surface area contributed by atoms with Crippen LogP contribution < -0.4 is 21.7 Å². The lowest BCUT2D eigenvalue weighted by Gasteiger charge is -2.06. The SMILES string of the molecule is CCNC(=O)CNc1snc(N)c1C(=O)NC. The van der Waals surface area contributed by atoms with Crippen LogP contribution >= 0.6 is 11.5 Å². The minimum Gasteiger partial charge on any atom is -0.382 e. The monoisotopic (exact) mass is 257 g/mol. The molecule has 1 rings (SSSR count). The van der Waals surface area contributed by atoms with Crippen molar-refractivity contribution in [3.63, 3.8) is 0 Å². The Balaban J connectivity index is 2.71. The van der Waals surface area contributed by atoms with E-state index in [1.165, 1.54) is 7.05 Å². The molecule has 0 atom stereocenters. The lowest BCUT2D eigenvalue weighted by atomic mass is 10.3. The van der Waals surface area contributed by atoms with Crippen molar-refractivity contribution in [3.8, 4) is 0 Å². The number of rotatable bonds is 5. The number of carbonyl (C=O) groups is 2. The van der Waals surface area contributed by atoms with Crippen LogP contribution in [0.3, 0.4) is 0 Å². The van der Waals surface area contributed by atoms with Crippen molar-refractivity contribution in [1.29, 1.82) is 0 Å². The van der Waals surface area contributed by atoms with Gasteiger partial charge in [0.1, 0.15) is 10.6 Å². The second-order valence-electron chi connectivity index (χ2n) is 3.16. The van der Waals surface area contributed by atoms with Gasteiger partial charge in [0.05, 0.1) is 6.54 Å². The normalized spacial score (nSPS) is 9.76. The largest absolute Gasteiger partial charge is 0.382 e. The van der Waals surface area contributed by atoms with Crippen molar-refractivity contribution < 1.29 is 9.59 Å². The van der Waals surface area contributed by atoms with Gasteiger partial charge in [0.25, 0.3) is 5.91 Å². The maximum Gasteiger partial charge on any atom is 0.257 e. The Morgan fingerprint density at radius 3 is 2.76 bits per heavy atom. The van der Waals surface area contributed by atoms with Gasteiger partial charge in [-0.15, -0.1) is 0 Å². The molecule has 94 valence electrons. The summed E-state index contributed by atoms with van der Waals surface area (Å²) in [5.74, 6) is -0.315. The van der Waals surface area contributed by atoms with E-state index in [1.54, 1.807) is 0 Å². The second-order valence-corrected chi connectivity index (χ2v) is 3.93. The van der Waals surface area contributed by atoms with E-state index < -0.39 is 0 Å². The molecule has 0 spiro atoms. The first kappa shape index (κ1) is 13.2. The summed E-state index contributed by atoms with van der Waals surface area (Å²) in [6.45, 7) is 2.48. The average molecular weight is 257 g/mol. The van der Waals surface area contributed by atoms with E-state index in [4.69, 9.17) is 5.73 Å². The molecule has 0 radical (unpaired) electrons. The summed E-state index contributed by atoms with van der Waals surface area (Å²) >= 11 is 1.05. The lowest BCUT2D eigenvalue weighted by Crippen LogP contribution is -2.30. The first-order valence-electron chi connectivity index (χ1n) is 5.07. The molecule has 17 heavy (non-hydrogen) atoms. The maximum atomic E-state index is 11.5. The lowest BCUT2D eigenvalue weighted by molar-refractivity contribution is -0.119. The first-order chi connectivity index (χ1) is 8.10. The summed E-state index contributed by atoms with van der Waals surface area (Å²) in [5.41, 5.74) is 5.86. The summed E-state index contributed by atoms with van der Waals surface area (Å²) < 4.78 is 3.87. The topological polar surface area (TPSA) is 109 Å². The van der Waals surface area contributed by atoms with Crippen molar-refractivity contribution in [2.24, 2.45) is 0 Å². The van der Waals surface area contributed by atoms with Gasteiger partial charge in [-0.3, -0.25) is 9.59 Å². The Kier molecular flexibility index (Phi) is 4.70. The van der Waals surface area contributed by atoms with Crippen LogP contribution in [0, 0.1) is 0 Å².